The Hall–Kier alpha value is -0.890. The standard InChI is InChI=1S/C11H14FN/c12-10-4-1-8(2-5-10)11-6-3-9(11)7-13/h1-2,4-5,9,11H,3,6-7,13H2. The van der Waals surface area contributed by atoms with Crippen LogP contribution in [0.1, 0.15) is 24.3 Å². The summed E-state index contributed by atoms with van der Waals surface area (Å²) < 4.78 is 12.6. The Balaban J connectivity index is 2.12. The van der Waals surface area contributed by atoms with Crippen molar-refractivity contribution in [3.05, 3.63) is 35.6 Å². The smallest absolute Gasteiger partial charge is 0.123 e. The average Bonchev–Trinajstić information content (AvgIpc) is 2.08. The maximum absolute atomic E-state index is 12.6. The van der Waals surface area contributed by atoms with Gasteiger partial charge in [-0.05, 0) is 48.9 Å². The van der Waals surface area contributed by atoms with E-state index in [1.54, 1.807) is 0 Å². The topological polar surface area (TPSA) is 26.0 Å². The Bertz CT molecular complexity index is 279. The molecule has 0 heterocycles. The Morgan fingerprint density at radius 3 is 2.38 bits per heavy atom. The zero-order valence-electron chi connectivity index (χ0n) is 7.54. The predicted molar refractivity (Wildman–Crippen MR) is 50.9 cm³/mol. The molecule has 0 bridgehead atoms. The van der Waals surface area contributed by atoms with Gasteiger partial charge in [0.2, 0.25) is 0 Å². The minimum Gasteiger partial charge on any atom is -0.330 e. The van der Waals surface area contributed by atoms with Crippen molar-refractivity contribution >= 4 is 0 Å². The zero-order valence-corrected chi connectivity index (χ0v) is 7.54. The van der Waals surface area contributed by atoms with Gasteiger partial charge in [0.1, 0.15) is 5.82 Å². The van der Waals surface area contributed by atoms with Crippen LogP contribution in [-0.4, -0.2) is 6.54 Å². The zero-order chi connectivity index (χ0) is 9.26. The van der Waals surface area contributed by atoms with Crippen LogP contribution >= 0.6 is 0 Å². The highest BCUT2D eigenvalue weighted by molar-refractivity contribution is 5.23. The molecule has 2 unspecified atom stereocenters. The van der Waals surface area contributed by atoms with Gasteiger partial charge in [-0.3, -0.25) is 0 Å². The van der Waals surface area contributed by atoms with Crippen LogP contribution in [-0.2, 0) is 0 Å². The van der Waals surface area contributed by atoms with Crippen LogP contribution in [0.5, 0.6) is 0 Å². The summed E-state index contributed by atoms with van der Waals surface area (Å²) in [4.78, 5) is 0. The monoisotopic (exact) mass is 179 g/mol. The highest BCUT2D eigenvalue weighted by Crippen LogP contribution is 2.41. The lowest BCUT2D eigenvalue weighted by atomic mass is 9.70. The van der Waals surface area contributed by atoms with Crippen LogP contribution in [0, 0.1) is 11.7 Å². The molecule has 1 nitrogen and oxygen atoms in total. The van der Waals surface area contributed by atoms with Gasteiger partial charge in [-0.1, -0.05) is 12.1 Å². The van der Waals surface area contributed by atoms with Gasteiger partial charge in [0.25, 0.3) is 0 Å². The summed E-state index contributed by atoms with van der Waals surface area (Å²) in [6, 6.07) is 6.81. The van der Waals surface area contributed by atoms with E-state index in [1.807, 2.05) is 12.1 Å². The van der Waals surface area contributed by atoms with Gasteiger partial charge >= 0.3 is 0 Å². The molecule has 1 aromatic rings. The minimum atomic E-state index is -0.160. The molecule has 13 heavy (non-hydrogen) atoms. The van der Waals surface area contributed by atoms with Crippen molar-refractivity contribution in [2.24, 2.45) is 11.7 Å². The predicted octanol–water partition coefficient (Wildman–Crippen LogP) is 2.28. The maximum Gasteiger partial charge on any atom is 0.123 e. The van der Waals surface area contributed by atoms with Gasteiger partial charge in [-0.25, -0.2) is 4.39 Å². The quantitative estimate of drug-likeness (QED) is 0.740. The average molecular weight is 179 g/mol. The summed E-state index contributed by atoms with van der Waals surface area (Å²) >= 11 is 0. The van der Waals surface area contributed by atoms with Crippen LogP contribution in [0.4, 0.5) is 4.39 Å². The van der Waals surface area contributed by atoms with Gasteiger partial charge in [-0.15, -0.1) is 0 Å². The number of hydrogen-bond donors (Lipinski definition) is 1. The van der Waals surface area contributed by atoms with Crippen molar-refractivity contribution < 1.29 is 4.39 Å². The summed E-state index contributed by atoms with van der Waals surface area (Å²) in [5.41, 5.74) is 6.86. The summed E-state index contributed by atoms with van der Waals surface area (Å²) in [6.07, 6.45) is 2.42. The Morgan fingerprint density at radius 1 is 1.23 bits per heavy atom. The van der Waals surface area contributed by atoms with Gasteiger partial charge in [0.15, 0.2) is 0 Å². The molecule has 0 aliphatic heterocycles. The van der Waals surface area contributed by atoms with E-state index in [1.165, 1.54) is 30.5 Å². The van der Waals surface area contributed by atoms with Crippen molar-refractivity contribution in [3.63, 3.8) is 0 Å². The third kappa shape index (κ3) is 1.59. The molecule has 2 rings (SSSR count). The fourth-order valence-electron chi connectivity index (χ4n) is 2.00. The van der Waals surface area contributed by atoms with Crippen molar-refractivity contribution in [1.82, 2.24) is 0 Å². The van der Waals surface area contributed by atoms with Crippen molar-refractivity contribution in [1.29, 1.82) is 0 Å². The molecule has 0 amide bonds. The van der Waals surface area contributed by atoms with Gasteiger partial charge in [0, 0.05) is 0 Å². The van der Waals surface area contributed by atoms with Crippen LogP contribution < -0.4 is 5.73 Å². The van der Waals surface area contributed by atoms with E-state index in [-0.39, 0.29) is 5.82 Å². The maximum atomic E-state index is 12.6. The lowest BCUT2D eigenvalue weighted by Gasteiger charge is -2.36. The van der Waals surface area contributed by atoms with Crippen LogP contribution in [0.2, 0.25) is 0 Å². The molecule has 1 fully saturated rings. The number of benzene rings is 1. The number of hydrogen-bond acceptors (Lipinski definition) is 1. The Kier molecular flexibility index (Phi) is 2.32. The molecule has 0 spiro atoms. The molecule has 0 saturated heterocycles. The number of nitrogens with two attached hydrogens (primary N) is 1. The van der Waals surface area contributed by atoms with Crippen LogP contribution in [0.25, 0.3) is 0 Å². The minimum absolute atomic E-state index is 0.160. The highest BCUT2D eigenvalue weighted by atomic mass is 19.1. The molecule has 2 atom stereocenters. The molecule has 1 aliphatic carbocycles. The van der Waals surface area contributed by atoms with E-state index in [2.05, 4.69) is 0 Å². The van der Waals surface area contributed by atoms with Crippen LogP contribution in [0.3, 0.4) is 0 Å². The molecule has 0 aromatic heterocycles. The third-order valence-electron chi connectivity index (χ3n) is 3.02. The second kappa shape index (κ2) is 3.46. The Morgan fingerprint density at radius 2 is 1.92 bits per heavy atom. The molecule has 0 radical (unpaired) electrons. The van der Waals surface area contributed by atoms with E-state index in [4.69, 9.17) is 5.73 Å². The first-order chi connectivity index (χ1) is 6.31. The molecule has 70 valence electrons. The second-order valence-electron chi connectivity index (χ2n) is 3.73. The van der Waals surface area contributed by atoms with Gasteiger partial charge < -0.3 is 5.73 Å². The summed E-state index contributed by atoms with van der Waals surface area (Å²) in [7, 11) is 0. The molecule has 1 aromatic carbocycles. The van der Waals surface area contributed by atoms with Crippen molar-refractivity contribution in [2.45, 2.75) is 18.8 Å². The molecular formula is C11H14FN. The highest BCUT2D eigenvalue weighted by Gasteiger charge is 2.30. The fourth-order valence-corrected chi connectivity index (χ4v) is 2.00. The number of rotatable bonds is 2. The molecular weight excluding hydrogens is 165 g/mol. The first-order valence-electron chi connectivity index (χ1n) is 4.77. The van der Waals surface area contributed by atoms with Crippen molar-refractivity contribution in [3.8, 4) is 0 Å². The fraction of sp³-hybridized carbons (Fsp3) is 0.455. The molecule has 2 heteroatoms. The van der Waals surface area contributed by atoms with Crippen LogP contribution in [0.15, 0.2) is 24.3 Å². The first-order valence-corrected chi connectivity index (χ1v) is 4.77. The van der Waals surface area contributed by atoms with E-state index < -0.39 is 0 Å². The lowest BCUT2D eigenvalue weighted by Crippen LogP contribution is -2.30. The van der Waals surface area contributed by atoms with E-state index >= 15 is 0 Å². The SMILES string of the molecule is NCC1CCC1c1ccc(F)cc1. The first kappa shape index (κ1) is 8.70. The van der Waals surface area contributed by atoms with E-state index in [9.17, 15) is 4.39 Å². The summed E-state index contributed by atoms with van der Waals surface area (Å²) in [5, 5.41) is 0. The summed E-state index contributed by atoms with van der Waals surface area (Å²) in [5.74, 6) is 1.03. The molecule has 1 aliphatic rings. The summed E-state index contributed by atoms with van der Waals surface area (Å²) in [6.45, 7) is 0.752. The molecule has 1 saturated carbocycles. The van der Waals surface area contributed by atoms with Gasteiger partial charge in [-0.2, -0.15) is 0 Å². The van der Waals surface area contributed by atoms with E-state index in [0.29, 0.717) is 11.8 Å². The second-order valence-corrected chi connectivity index (χ2v) is 3.73. The van der Waals surface area contributed by atoms with Crippen molar-refractivity contribution in [2.75, 3.05) is 6.54 Å². The Labute approximate surface area is 77.8 Å². The lowest BCUT2D eigenvalue weighted by molar-refractivity contribution is 0.263. The molecule has 2 N–H and O–H groups in total. The van der Waals surface area contributed by atoms with Gasteiger partial charge in [0.05, 0.1) is 0 Å². The normalized spacial score (nSPS) is 26.9. The third-order valence-corrected chi connectivity index (χ3v) is 3.02. The van der Waals surface area contributed by atoms with E-state index in [0.717, 1.165) is 6.54 Å². The number of halogens is 1. The largest absolute Gasteiger partial charge is 0.330 e.